The van der Waals surface area contributed by atoms with Gasteiger partial charge in [-0.1, -0.05) is 11.6 Å². The quantitative estimate of drug-likeness (QED) is 0.797. The van der Waals surface area contributed by atoms with Gasteiger partial charge in [0.25, 0.3) is 5.91 Å². The summed E-state index contributed by atoms with van der Waals surface area (Å²) in [5, 5.41) is 22.1. The van der Waals surface area contributed by atoms with Crippen LogP contribution < -0.4 is 10.2 Å². The molecular formula is C15H19ClN2O3. The van der Waals surface area contributed by atoms with Crippen molar-refractivity contribution in [3.05, 3.63) is 22.7 Å². The van der Waals surface area contributed by atoms with Crippen LogP contribution in [0.4, 0.5) is 11.4 Å². The molecule has 5 nitrogen and oxygen atoms in total. The van der Waals surface area contributed by atoms with Gasteiger partial charge in [-0.2, -0.15) is 0 Å². The molecule has 3 rings (SSSR count). The summed E-state index contributed by atoms with van der Waals surface area (Å²) in [4.78, 5) is 13.7. The molecule has 0 aliphatic carbocycles. The third-order valence-electron chi connectivity index (χ3n) is 4.32. The van der Waals surface area contributed by atoms with Crippen molar-refractivity contribution in [3.63, 3.8) is 0 Å². The summed E-state index contributed by atoms with van der Waals surface area (Å²) >= 11 is 6.34. The summed E-state index contributed by atoms with van der Waals surface area (Å²) in [6.07, 6.45) is 1.85. The van der Waals surface area contributed by atoms with Gasteiger partial charge in [-0.05, 0) is 37.3 Å². The van der Waals surface area contributed by atoms with E-state index in [2.05, 4.69) is 10.2 Å². The Hall–Kier alpha value is -1.30. The maximum atomic E-state index is 11.5. The van der Waals surface area contributed by atoms with Crippen LogP contribution in [0.2, 0.25) is 5.02 Å². The van der Waals surface area contributed by atoms with Crippen LogP contribution in [0.5, 0.6) is 0 Å². The molecule has 2 heterocycles. The van der Waals surface area contributed by atoms with E-state index in [-0.39, 0.29) is 6.61 Å². The van der Waals surface area contributed by atoms with Crippen molar-refractivity contribution in [3.8, 4) is 0 Å². The average Bonchev–Trinajstić information content (AvgIpc) is 2.74. The second-order valence-corrected chi connectivity index (χ2v) is 6.16. The third-order valence-corrected chi connectivity index (χ3v) is 4.62. The first-order valence-corrected chi connectivity index (χ1v) is 7.66. The minimum atomic E-state index is -1.13. The van der Waals surface area contributed by atoms with Crippen LogP contribution in [0, 0.1) is 5.92 Å². The maximum Gasteiger partial charge on any atom is 0.257 e. The average molecular weight is 311 g/mol. The van der Waals surface area contributed by atoms with E-state index in [4.69, 9.17) is 16.7 Å². The van der Waals surface area contributed by atoms with Crippen LogP contribution >= 0.6 is 11.6 Å². The number of hydrogen-bond acceptors (Lipinski definition) is 4. The molecule has 2 aliphatic heterocycles. The number of aliphatic hydroxyl groups is 2. The fourth-order valence-electron chi connectivity index (χ4n) is 3.20. The van der Waals surface area contributed by atoms with Gasteiger partial charge in [0.2, 0.25) is 0 Å². The summed E-state index contributed by atoms with van der Waals surface area (Å²) in [6.45, 7) is 1.98. The number of nitrogens with one attached hydrogen (secondary N) is 1. The zero-order chi connectivity index (χ0) is 15.0. The zero-order valence-electron chi connectivity index (χ0n) is 11.7. The first-order valence-electron chi connectivity index (χ1n) is 7.28. The molecule has 21 heavy (non-hydrogen) atoms. The monoisotopic (exact) mass is 310 g/mol. The Kier molecular flexibility index (Phi) is 4.06. The lowest BCUT2D eigenvalue weighted by Crippen LogP contribution is -2.36. The summed E-state index contributed by atoms with van der Waals surface area (Å²) in [7, 11) is 0. The fraction of sp³-hybridized carbons (Fsp3) is 0.533. The van der Waals surface area contributed by atoms with Crippen LogP contribution in [-0.2, 0) is 4.79 Å². The number of amides is 1. The number of anilines is 2. The lowest BCUT2D eigenvalue weighted by atomic mass is 9.94. The first-order chi connectivity index (χ1) is 10.1. The molecule has 6 heteroatoms. The van der Waals surface area contributed by atoms with Crippen LogP contribution in [-0.4, -0.2) is 35.8 Å². The predicted octanol–water partition coefficient (Wildman–Crippen LogP) is 1.92. The van der Waals surface area contributed by atoms with Crippen molar-refractivity contribution in [2.75, 3.05) is 29.9 Å². The summed E-state index contributed by atoms with van der Waals surface area (Å²) in [5.74, 6) is 0.0586. The number of hydrogen-bond donors (Lipinski definition) is 3. The van der Waals surface area contributed by atoms with Gasteiger partial charge < -0.3 is 20.4 Å². The van der Waals surface area contributed by atoms with Gasteiger partial charge in [0.05, 0.1) is 10.7 Å². The van der Waals surface area contributed by atoms with E-state index in [1.165, 1.54) is 0 Å². The van der Waals surface area contributed by atoms with Gasteiger partial charge >= 0.3 is 0 Å². The van der Waals surface area contributed by atoms with E-state index in [9.17, 15) is 9.90 Å². The number of benzene rings is 1. The number of nitrogens with zero attached hydrogens (tertiary/aromatic N) is 1. The highest BCUT2D eigenvalue weighted by atomic mass is 35.5. The lowest BCUT2D eigenvalue weighted by molar-refractivity contribution is -0.123. The fourth-order valence-corrected chi connectivity index (χ4v) is 3.49. The van der Waals surface area contributed by atoms with Crippen LogP contribution in [0.1, 0.15) is 30.9 Å². The Bertz CT molecular complexity index is 562. The molecule has 3 N–H and O–H groups in total. The Morgan fingerprint density at radius 2 is 2.24 bits per heavy atom. The minimum Gasteiger partial charge on any atom is -0.396 e. The van der Waals surface area contributed by atoms with Crippen molar-refractivity contribution >= 4 is 28.9 Å². The van der Waals surface area contributed by atoms with Crippen molar-refractivity contribution in [2.24, 2.45) is 5.92 Å². The van der Waals surface area contributed by atoms with Crippen LogP contribution in [0.15, 0.2) is 12.1 Å². The highest BCUT2D eigenvalue weighted by Crippen LogP contribution is 2.40. The molecule has 0 bridgehead atoms. The topological polar surface area (TPSA) is 72.8 Å². The van der Waals surface area contributed by atoms with E-state index in [1.807, 2.05) is 6.07 Å². The van der Waals surface area contributed by atoms with Gasteiger partial charge in [-0.15, -0.1) is 0 Å². The molecule has 0 saturated carbocycles. The molecule has 1 amide bonds. The predicted molar refractivity (Wildman–Crippen MR) is 81.7 cm³/mol. The number of carbonyl (C=O) groups is 1. The van der Waals surface area contributed by atoms with Gasteiger partial charge in [0.1, 0.15) is 0 Å². The second-order valence-electron chi connectivity index (χ2n) is 5.75. The summed E-state index contributed by atoms with van der Waals surface area (Å²) in [5.41, 5.74) is 2.06. The maximum absolute atomic E-state index is 11.5. The van der Waals surface area contributed by atoms with Crippen LogP contribution in [0.25, 0.3) is 0 Å². The first kappa shape index (κ1) is 14.6. The molecule has 2 aliphatic rings. The number of fused-ring (bicyclic) bond motifs is 1. The van der Waals surface area contributed by atoms with Gasteiger partial charge in [0.15, 0.2) is 6.10 Å². The van der Waals surface area contributed by atoms with Crippen molar-refractivity contribution in [2.45, 2.75) is 25.4 Å². The molecule has 114 valence electrons. The van der Waals surface area contributed by atoms with E-state index < -0.39 is 12.0 Å². The standard InChI is InChI=1S/C15H19ClN2O3/c16-11-6-10-12(17-15(21)14(10)20)7-13(11)18-4-1-2-9(8-18)3-5-19/h6-7,9,14,19-20H,1-5,8H2,(H,17,21). The van der Waals surface area contributed by atoms with Gasteiger partial charge in [0, 0.05) is 30.9 Å². The van der Waals surface area contributed by atoms with E-state index in [1.54, 1.807) is 6.07 Å². The van der Waals surface area contributed by atoms with Crippen molar-refractivity contribution in [1.82, 2.24) is 0 Å². The SMILES string of the molecule is O=C1Nc2cc(N3CCCC(CCO)C3)c(Cl)cc2C1O. The molecule has 1 saturated heterocycles. The molecule has 0 aromatic heterocycles. The third kappa shape index (κ3) is 2.73. The number of aliphatic hydroxyl groups excluding tert-OH is 2. The number of rotatable bonds is 3. The normalized spacial score (nSPS) is 24.9. The highest BCUT2D eigenvalue weighted by molar-refractivity contribution is 6.33. The molecular weight excluding hydrogens is 292 g/mol. The molecule has 2 unspecified atom stereocenters. The largest absolute Gasteiger partial charge is 0.396 e. The minimum absolute atomic E-state index is 0.207. The van der Waals surface area contributed by atoms with E-state index >= 15 is 0 Å². The molecule has 1 fully saturated rings. The Morgan fingerprint density at radius 1 is 1.43 bits per heavy atom. The number of halogens is 1. The smallest absolute Gasteiger partial charge is 0.257 e. The highest BCUT2D eigenvalue weighted by Gasteiger charge is 2.31. The van der Waals surface area contributed by atoms with Gasteiger partial charge in [-0.25, -0.2) is 0 Å². The number of piperidine rings is 1. The molecule has 0 radical (unpaired) electrons. The lowest BCUT2D eigenvalue weighted by Gasteiger charge is -2.35. The molecule has 0 spiro atoms. The summed E-state index contributed by atoms with van der Waals surface area (Å²) < 4.78 is 0. The molecule has 1 aromatic carbocycles. The summed E-state index contributed by atoms with van der Waals surface area (Å²) in [6, 6.07) is 3.51. The Balaban J connectivity index is 1.86. The Morgan fingerprint density at radius 3 is 3.00 bits per heavy atom. The van der Waals surface area contributed by atoms with Crippen molar-refractivity contribution < 1.29 is 15.0 Å². The van der Waals surface area contributed by atoms with Crippen molar-refractivity contribution in [1.29, 1.82) is 0 Å². The van der Waals surface area contributed by atoms with Crippen LogP contribution in [0.3, 0.4) is 0 Å². The number of carbonyl (C=O) groups excluding carboxylic acids is 1. The molecule has 1 aromatic rings. The van der Waals surface area contributed by atoms with E-state index in [0.29, 0.717) is 22.2 Å². The molecule has 2 atom stereocenters. The second kappa shape index (κ2) is 5.83. The zero-order valence-corrected chi connectivity index (χ0v) is 12.4. The van der Waals surface area contributed by atoms with Gasteiger partial charge in [-0.3, -0.25) is 4.79 Å². The van der Waals surface area contributed by atoms with E-state index in [0.717, 1.165) is 38.0 Å². The Labute approximate surface area is 128 Å².